The molecule has 4 heteroatoms. The summed E-state index contributed by atoms with van der Waals surface area (Å²) in [6.07, 6.45) is 3.17. The maximum Gasteiger partial charge on any atom is 0.299 e. The van der Waals surface area contributed by atoms with E-state index in [1.165, 1.54) is 0 Å². The van der Waals surface area contributed by atoms with Crippen LogP contribution in [0.5, 0.6) is 0 Å². The predicted octanol–water partition coefficient (Wildman–Crippen LogP) is 2.09. The highest BCUT2D eigenvalue weighted by atomic mass is 16.5. The van der Waals surface area contributed by atoms with E-state index in [9.17, 15) is 9.59 Å². The third-order valence-electron chi connectivity index (χ3n) is 3.83. The molecule has 1 fully saturated rings. The first-order valence-electron chi connectivity index (χ1n) is 6.75. The van der Waals surface area contributed by atoms with Crippen LogP contribution in [0.2, 0.25) is 0 Å². The first-order valence-corrected chi connectivity index (χ1v) is 6.75. The molecule has 0 N–H and O–H groups in total. The van der Waals surface area contributed by atoms with Crippen molar-refractivity contribution in [2.24, 2.45) is 0 Å². The van der Waals surface area contributed by atoms with E-state index in [4.69, 9.17) is 4.74 Å². The zero-order chi connectivity index (χ0) is 13.4. The zero-order valence-electron chi connectivity index (χ0n) is 11.0. The summed E-state index contributed by atoms with van der Waals surface area (Å²) in [4.78, 5) is 25.5. The van der Waals surface area contributed by atoms with Crippen molar-refractivity contribution in [1.82, 2.24) is 0 Å². The minimum Gasteiger partial charge on any atom is -0.378 e. The fourth-order valence-electron chi connectivity index (χ4n) is 2.78. The molecule has 19 heavy (non-hydrogen) atoms. The topological polar surface area (TPSA) is 46.6 Å². The quantitative estimate of drug-likeness (QED) is 0.781. The molecule has 0 spiro atoms. The SMILES string of the molecule is Cc1ccc2c(c1)C(=O)C(=O)N2CCC1CCCO1. The van der Waals surface area contributed by atoms with Crippen molar-refractivity contribution >= 4 is 17.4 Å². The number of carbonyl (C=O) groups is 2. The largest absolute Gasteiger partial charge is 0.378 e. The Bertz CT molecular complexity index is 532. The van der Waals surface area contributed by atoms with Crippen LogP contribution < -0.4 is 4.90 Å². The number of ketones is 1. The number of amides is 1. The number of aryl methyl sites for hydroxylation is 1. The third kappa shape index (κ3) is 2.16. The van der Waals surface area contributed by atoms with Crippen LogP contribution in [-0.2, 0) is 9.53 Å². The maximum atomic E-state index is 12.0. The van der Waals surface area contributed by atoms with Gasteiger partial charge in [0.05, 0.1) is 17.4 Å². The number of Topliss-reactive ketones (excluding diaryl/α,β-unsaturated/α-hetero) is 1. The van der Waals surface area contributed by atoms with E-state index < -0.39 is 5.91 Å². The highest BCUT2D eigenvalue weighted by molar-refractivity contribution is 6.52. The van der Waals surface area contributed by atoms with Gasteiger partial charge in [0.25, 0.3) is 11.7 Å². The van der Waals surface area contributed by atoms with Crippen LogP contribution in [0.4, 0.5) is 5.69 Å². The van der Waals surface area contributed by atoms with Crippen molar-refractivity contribution in [3.05, 3.63) is 29.3 Å². The molecule has 1 unspecified atom stereocenters. The summed E-state index contributed by atoms with van der Waals surface area (Å²) in [7, 11) is 0. The summed E-state index contributed by atoms with van der Waals surface area (Å²) in [5.41, 5.74) is 2.29. The van der Waals surface area contributed by atoms with E-state index in [1.54, 1.807) is 11.0 Å². The average molecular weight is 259 g/mol. The summed E-state index contributed by atoms with van der Waals surface area (Å²) >= 11 is 0. The average Bonchev–Trinajstić information content (AvgIpc) is 2.98. The maximum absolute atomic E-state index is 12.0. The standard InChI is InChI=1S/C15H17NO3/c1-10-4-5-13-12(9-10)14(17)15(18)16(13)7-6-11-3-2-8-19-11/h4-5,9,11H,2-3,6-8H2,1H3. The molecular formula is C15H17NO3. The Morgan fingerprint density at radius 2 is 2.21 bits per heavy atom. The molecule has 0 aliphatic carbocycles. The molecule has 0 bridgehead atoms. The Balaban J connectivity index is 1.78. The first-order chi connectivity index (χ1) is 9.16. The zero-order valence-corrected chi connectivity index (χ0v) is 11.0. The lowest BCUT2D eigenvalue weighted by atomic mass is 10.1. The molecule has 0 aromatic heterocycles. The molecule has 1 amide bonds. The van der Waals surface area contributed by atoms with Crippen LogP contribution in [0.3, 0.4) is 0 Å². The molecular weight excluding hydrogens is 242 g/mol. The highest BCUT2D eigenvalue weighted by Gasteiger charge is 2.35. The summed E-state index contributed by atoms with van der Waals surface area (Å²) in [6, 6.07) is 5.59. The lowest BCUT2D eigenvalue weighted by Gasteiger charge is -2.18. The molecule has 3 rings (SSSR count). The van der Waals surface area contributed by atoms with Gasteiger partial charge in [0, 0.05) is 13.2 Å². The summed E-state index contributed by atoms with van der Waals surface area (Å²) < 4.78 is 5.56. The fourth-order valence-corrected chi connectivity index (χ4v) is 2.78. The Labute approximate surface area is 112 Å². The van der Waals surface area contributed by atoms with Crippen molar-refractivity contribution in [3.63, 3.8) is 0 Å². The number of fused-ring (bicyclic) bond motifs is 1. The lowest BCUT2D eigenvalue weighted by molar-refractivity contribution is -0.114. The molecule has 0 saturated carbocycles. The summed E-state index contributed by atoms with van der Waals surface area (Å²) in [5.74, 6) is -0.787. The molecule has 2 heterocycles. The van der Waals surface area contributed by atoms with Gasteiger partial charge in [0.1, 0.15) is 0 Å². The van der Waals surface area contributed by atoms with Crippen LogP contribution in [0, 0.1) is 6.92 Å². The molecule has 4 nitrogen and oxygen atoms in total. The summed E-state index contributed by atoms with van der Waals surface area (Å²) in [5, 5.41) is 0. The van der Waals surface area contributed by atoms with Gasteiger partial charge in [0.15, 0.2) is 0 Å². The van der Waals surface area contributed by atoms with E-state index >= 15 is 0 Å². The van der Waals surface area contributed by atoms with Gasteiger partial charge >= 0.3 is 0 Å². The van der Waals surface area contributed by atoms with E-state index in [0.717, 1.165) is 37.1 Å². The Kier molecular flexibility index (Phi) is 3.11. The van der Waals surface area contributed by atoms with Crippen molar-refractivity contribution in [1.29, 1.82) is 0 Å². The second kappa shape index (κ2) is 4.78. The predicted molar refractivity (Wildman–Crippen MR) is 71.5 cm³/mol. The van der Waals surface area contributed by atoms with Crippen LogP contribution in [0.1, 0.15) is 35.2 Å². The van der Waals surface area contributed by atoms with Gasteiger partial charge in [-0.3, -0.25) is 9.59 Å². The van der Waals surface area contributed by atoms with Crippen molar-refractivity contribution in [2.75, 3.05) is 18.1 Å². The van der Waals surface area contributed by atoms with Gasteiger partial charge in [-0.25, -0.2) is 0 Å². The van der Waals surface area contributed by atoms with Gasteiger partial charge in [-0.2, -0.15) is 0 Å². The Morgan fingerprint density at radius 3 is 2.95 bits per heavy atom. The minimum atomic E-state index is -0.404. The second-order valence-electron chi connectivity index (χ2n) is 5.23. The molecule has 100 valence electrons. The molecule has 1 saturated heterocycles. The van der Waals surface area contributed by atoms with Crippen molar-refractivity contribution in [3.8, 4) is 0 Å². The molecule has 1 atom stereocenters. The van der Waals surface area contributed by atoms with Gasteiger partial charge in [-0.15, -0.1) is 0 Å². The number of hydrogen-bond donors (Lipinski definition) is 0. The fraction of sp³-hybridized carbons (Fsp3) is 0.467. The number of benzene rings is 1. The first kappa shape index (κ1) is 12.4. The van der Waals surface area contributed by atoms with Crippen molar-refractivity contribution in [2.45, 2.75) is 32.3 Å². The number of carbonyl (C=O) groups excluding carboxylic acids is 2. The monoisotopic (exact) mass is 259 g/mol. The van der Waals surface area contributed by atoms with E-state index in [2.05, 4.69) is 0 Å². The highest BCUT2D eigenvalue weighted by Crippen LogP contribution is 2.30. The number of ether oxygens (including phenoxy) is 1. The smallest absolute Gasteiger partial charge is 0.299 e. The Morgan fingerprint density at radius 1 is 1.37 bits per heavy atom. The van der Waals surface area contributed by atoms with E-state index in [-0.39, 0.29) is 11.9 Å². The molecule has 2 aliphatic heterocycles. The van der Waals surface area contributed by atoms with E-state index in [0.29, 0.717) is 12.1 Å². The lowest BCUT2D eigenvalue weighted by Crippen LogP contribution is -2.32. The van der Waals surface area contributed by atoms with Crippen LogP contribution >= 0.6 is 0 Å². The molecule has 2 aliphatic rings. The van der Waals surface area contributed by atoms with Gasteiger partial charge < -0.3 is 9.64 Å². The van der Waals surface area contributed by atoms with Gasteiger partial charge in [-0.1, -0.05) is 11.6 Å². The summed E-state index contributed by atoms with van der Waals surface area (Å²) in [6.45, 7) is 3.30. The van der Waals surface area contributed by atoms with Crippen LogP contribution in [0.15, 0.2) is 18.2 Å². The minimum absolute atomic E-state index is 0.234. The van der Waals surface area contributed by atoms with E-state index in [1.807, 2.05) is 19.1 Å². The third-order valence-corrected chi connectivity index (χ3v) is 3.83. The number of rotatable bonds is 3. The van der Waals surface area contributed by atoms with Crippen molar-refractivity contribution < 1.29 is 14.3 Å². The Hall–Kier alpha value is -1.68. The van der Waals surface area contributed by atoms with Crippen LogP contribution in [0.25, 0.3) is 0 Å². The normalized spacial score (nSPS) is 22.2. The molecule has 1 aromatic rings. The number of nitrogens with zero attached hydrogens (tertiary/aromatic N) is 1. The van der Waals surface area contributed by atoms with Gasteiger partial charge in [-0.05, 0) is 38.3 Å². The molecule has 1 aromatic carbocycles. The number of hydrogen-bond acceptors (Lipinski definition) is 3. The van der Waals surface area contributed by atoms with Crippen LogP contribution in [-0.4, -0.2) is 30.9 Å². The number of anilines is 1. The molecule has 0 radical (unpaired) electrons. The van der Waals surface area contributed by atoms with Gasteiger partial charge in [0.2, 0.25) is 0 Å². The second-order valence-corrected chi connectivity index (χ2v) is 5.23.